The summed E-state index contributed by atoms with van der Waals surface area (Å²) in [5.74, 6) is 0. The highest BCUT2D eigenvalue weighted by Crippen LogP contribution is 2.10. The van der Waals surface area contributed by atoms with Gasteiger partial charge in [0, 0.05) is 6.04 Å². The molecule has 3 heteroatoms. The number of ether oxygens (including phenoxy) is 1. The van der Waals surface area contributed by atoms with Crippen molar-refractivity contribution in [2.45, 2.75) is 19.6 Å². The maximum atomic E-state index is 9.79. The van der Waals surface area contributed by atoms with E-state index in [1.54, 1.807) is 0 Å². The summed E-state index contributed by atoms with van der Waals surface area (Å²) >= 11 is 0. The Kier molecular flexibility index (Phi) is 3.46. The number of benzene rings is 1. The molecule has 0 aliphatic heterocycles. The van der Waals surface area contributed by atoms with E-state index in [9.17, 15) is 4.79 Å². The van der Waals surface area contributed by atoms with Crippen molar-refractivity contribution in [1.29, 1.82) is 0 Å². The SMILES string of the molecule is CC(N)c1ccc(CO[C]=O)cc1. The monoisotopic (exact) mass is 178 g/mol. The van der Waals surface area contributed by atoms with E-state index in [2.05, 4.69) is 4.74 Å². The fraction of sp³-hybridized carbons (Fsp3) is 0.300. The Hall–Kier alpha value is -1.35. The van der Waals surface area contributed by atoms with E-state index in [1.165, 1.54) is 6.47 Å². The van der Waals surface area contributed by atoms with Crippen LogP contribution < -0.4 is 5.73 Å². The fourth-order valence-electron chi connectivity index (χ4n) is 1.03. The lowest BCUT2D eigenvalue weighted by atomic mass is 10.1. The summed E-state index contributed by atoms with van der Waals surface area (Å²) in [6.45, 7) is 3.57. The molecular formula is C10H12NO2. The third kappa shape index (κ3) is 2.87. The predicted molar refractivity (Wildman–Crippen MR) is 49.5 cm³/mol. The maximum absolute atomic E-state index is 9.79. The van der Waals surface area contributed by atoms with Crippen LogP contribution >= 0.6 is 0 Å². The molecule has 0 amide bonds. The molecule has 69 valence electrons. The van der Waals surface area contributed by atoms with Crippen molar-refractivity contribution < 1.29 is 9.53 Å². The van der Waals surface area contributed by atoms with Crippen molar-refractivity contribution in [3.05, 3.63) is 35.4 Å². The third-order valence-corrected chi connectivity index (χ3v) is 1.80. The van der Waals surface area contributed by atoms with Crippen molar-refractivity contribution >= 4 is 6.47 Å². The minimum absolute atomic E-state index is 0.0348. The number of nitrogens with two attached hydrogens (primary N) is 1. The second kappa shape index (κ2) is 4.62. The summed E-state index contributed by atoms with van der Waals surface area (Å²) in [5.41, 5.74) is 7.68. The largest absolute Gasteiger partial charge is 0.452 e. The van der Waals surface area contributed by atoms with Gasteiger partial charge in [0.25, 0.3) is 0 Å². The van der Waals surface area contributed by atoms with Gasteiger partial charge in [-0.25, -0.2) is 4.79 Å². The Morgan fingerprint density at radius 3 is 2.54 bits per heavy atom. The molecule has 1 unspecified atom stereocenters. The van der Waals surface area contributed by atoms with Gasteiger partial charge in [0.15, 0.2) is 0 Å². The van der Waals surface area contributed by atoms with Crippen LogP contribution in [0.3, 0.4) is 0 Å². The first kappa shape index (κ1) is 9.74. The molecular weight excluding hydrogens is 166 g/mol. The standard InChI is InChI=1S/C10H12NO2/c1-8(11)10-4-2-9(3-5-10)6-13-7-12/h2-5,8H,6,11H2,1H3. The van der Waals surface area contributed by atoms with Crippen LogP contribution in [0.25, 0.3) is 0 Å². The normalized spacial score (nSPS) is 12.2. The molecule has 1 aromatic carbocycles. The quantitative estimate of drug-likeness (QED) is 0.755. The molecule has 1 rings (SSSR count). The van der Waals surface area contributed by atoms with E-state index < -0.39 is 0 Å². The second-order valence-corrected chi connectivity index (χ2v) is 2.90. The van der Waals surface area contributed by atoms with Crippen molar-refractivity contribution in [3.63, 3.8) is 0 Å². The van der Waals surface area contributed by atoms with E-state index in [0.717, 1.165) is 11.1 Å². The first-order valence-corrected chi connectivity index (χ1v) is 4.07. The predicted octanol–water partition coefficient (Wildman–Crippen LogP) is 1.29. The van der Waals surface area contributed by atoms with Gasteiger partial charge < -0.3 is 10.5 Å². The molecule has 2 N–H and O–H groups in total. The average Bonchev–Trinajstić information content (AvgIpc) is 2.15. The first-order valence-electron chi connectivity index (χ1n) is 4.07. The van der Waals surface area contributed by atoms with Gasteiger partial charge in [-0.3, -0.25) is 0 Å². The van der Waals surface area contributed by atoms with E-state index in [4.69, 9.17) is 5.73 Å². The molecule has 0 aliphatic rings. The van der Waals surface area contributed by atoms with Crippen LogP contribution in [0.2, 0.25) is 0 Å². The van der Waals surface area contributed by atoms with Crippen LogP contribution in [0, 0.1) is 0 Å². The Balaban J connectivity index is 2.64. The molecule has 13 heavy (non-hydrogen) atoms. The zero-order chi connectivity index (χ0) is 9.68. The Morgan fingerprint density at radius 1 is 1.46 bits per heavy atom. The maximum Gasteiger partial charge on any atom is 0.417 e. The van der Waals surface area contributed by atoms with Crippen LogP contribution in [0.1, 0.15) is 24.1 Å². The van der Waals surface area contributed by atoms with Gasteiger partial charge in [-0.2, -0.15) is 0 Å². The lowest BCUT2D eigenvalue weighted by Crippen LogP contribution is -2.04. The average molecular weight is 178 g/mol. The zero-order valence-corrected chi connectivity index (χ0v) is 7.49. The Morgan fingerprint density at radius 2 is 2.08 bits per heavy atom. The minimum Gasteiger partial charge on any atom is -0.452 e. The molecule has 1 atom stereocenters. The van der Waals surface area contributed by atoms with Gasteiger partial charge in [-0.05, 0) is 18.1 Å². The summed E-state index contributed by atoms with van der Waals surface area (Å²) in [7, 11) is 0. The molecule has 0 heterocycles. The summed E-state index contributed by atoms with van der Waals surface area (Å²) in [6.07, 6.45) is 0. The van der Waals surface area contributed by atoms with E-state index in [1.807, 2.05) is 31.2 Å². The third-order valence-electron chi connectivity index (χ3n) is 1.80. The smallest absolute Gasteiger partial charge is 0.417 e. The molecule has 0 aromatic heterocycles. The highest BCUT2D eigenvalue weighted by atomic mass is 16.5. The van der Waals surface area contributed by atoms with Gasteiger partial charge in [0.1, 0.15) is 6.61 Å². The van der Waals surface area contributed by atoms with E-state index in [-0.39, 0.29) is 12.6 Å². The van der Waals surface area contributed by atoms with Crippen LogP contribution in [0.4, 0.5) is 0 Å². The molecule has 0 bridgehead atoms. The Bertz CT molecular complexity index is 267. The molecule has 0 fully saturated rings. The van der Waals surface area contributed by atoms with Gasteiger partial charge in [-0.1, -0.05) is 24.3 Å². The summed E-state index contributed by atoms with van der Waals surface area (Å²) in [5, 5.41) is 0. The summed E-state index contributed by atoms with van der Waals surface area (Å²) in [6, 6.07) is 7.65. The van der Waals surface area contributed by atoms with E-state index in [0.29, 0.717) is 0 Å². The van der Waals surface area contributed by atoms with Crippen LogP contribution in [0.5, 0.6) is 0 Å². The lowest BCUT2D eigenvalue weighted by Gasteiger charge is -2.05. The molecule has 0 spiro atoms. The lowest BCUT2D eigenvalue weighted by molar-refractivity contribution is 0.267. The van der Waals surface area contributed by atoms with Crippen molar-refractivity contribution in [3.8, 4) is 0 Å². The summed E-state index contributed by atoms with van der Waals surface area (Å²) < 4.78 is 4.48. The molecule has 3 nitrogen and oxygen atoms in total. The molecule has 1 aromatic rings. The second-order valence-electron chi connectivity index (χ2n) is 2.90. The van der Waals surface area contributed by atoms with Gasteiger partial charge in [0.2, 0.25) is 0 Å². The van der Waals surface area contributed by atoms with Crippen molar-refractivity contribution in [2.75, 3.05) is 0 Å². The van der Waals surface area contributed by atoms with Gasteiger partial charge >= 0.3 is 6.47 Å². The highest BCUT2D eigenvalue weighted by molar-refractivity contribution is 5.38. The van der Waals surface area contributed by atoms with Crippen molar-refractivity contribution in [1.82, 2.24) is 0 Å². The first-order chi connectivity index (χ1) is 6.24. The number of hydrogen-bond donors (Lipinski definition) is 1. The number of rotatable bonds is 4. The van der Waals surface area contributed by atoms with Crippen LogP contribution in [-0.4, -0.2) is 6.47 Å². The topological polar surface area (TPSA) is 52.3 Å². The molecule has 1 radical (unpaired) electrons. The van der Waals surface area contributed by atoms with Gasteiger partial charge in [0.05, 0.1) is 0 Å². The summed E-state index contributed by atoms with van der Waals surface area (Å²) in [4.78, 5) is 9.79. The number of hydrogen-bond acceptors (Lipinski definition) is 3. The van der Waals surface area contributed by atoms with Crippen molar-refractivity contribution in [2.24, 2.45) is 5.73 Å². The molecule has 0 saturated heterocycles. The minimum atomic E-state index is 0.0348. The Labute approximate surface area is 77.5 Å². The zero-order valence-electron chi connectivity index (χ0n) is 7.49. The number of carbonyl (C=O) groups excluding carboxylic acids is 1. The molecule has 0 aliphatic carbocycles. The van der Waals surface area contributed by atoms with Crippen LogP contribution in [-0.2, 0) is 16.1 Å². The highest BCUT2D eigenvalue weighted by Gasteiger charge is 1.98. The van der Waals surface area contributed by atoms with Gasteiger partial charge in [-0.15, -0.1) is 0 Å². The fourth-order valence-corrected chi connectivity index (χ4v) is 1.03. The van der Waals surface area contributed by atoms with E-state index >= 15 is 0 Å². The molecule has 0 saturated carbocycles. The van der Waals surface area contributed by atoms with Crippen LogP contribution in [0.15, 0.2) is 24.3 Å².